The summed E-state index contributed by atoms with van der Waals surface area (Å²) in [6.07, 6.45) is 1.87. The summed E-state index contributed by atoms with van der Waals surface area (Å²) in [6, 6.07) is 5.09. The predicted octanol–water partition coefficient (Wildman–Crippen LogP) is 1.93. The highest BCUT2D eigenvalue weighted by atomic mass is 35.5. The standard InChI is InChI=1S/C15H19Cl2N3O2/c1-18-11-4-6-20(7-5-11)14(21)9-19-15(22)10-2-3-12(16)13(17)8-10/h2-3,8,11,18H,4-7,9H2,1H3,(H,19,22). The van der Waals surface area contributed by atoms with Crippen molar-refractivity contribution in [1.29, 1.82) is 0 Å². The molecule has 0 radical (unpaired) electrons. The van der Waals surface area contributed by atoms with Crippen molar-refractivity contribution in [3.63, 3.8) is 0 Å². The molecule has 1 saturated heterocycles. The number of hydrogen-bond donors (Lipinski definition) is 2. The lowest BCUT2D eigenvalue weighted by Gasteiger charge is -2.31. The molecule has 1 aromatic carbocycles. The molecular weight excluding hydrogens is 325 g/mol. The molecule has 1 fully saturated rings. The lowest BCUT2D eigenvalue weighted by molar-refractivity contribution is -0.131. The number of likely N-dealkylation sites (tertiary alicyclic amines) is 1. The number of nitrogens with one attached hydrogen (secondary N) is 2. The highest BCUT2D eigenvalue weighted by molar-refractivity contribution is 6.42. The Hall–Kier alpha value is -1.30. The van der Waals surface area contributed by atoms with E-state index in [0.29, 0.717) is 34.7 Å². The fraction of sp³-hybridized carbons (Fsp3) is 0.467. The number of carbonyl (C=O) groups excluding carboxylic acids is 2. The van der Waals surface area contributed by atoms with E-state index in [1.165, 1.54) is 6.07 Å². The fourth-order valence-corrected chi connectivity index (χ4v) is 2.72. The second-order valence-corrected chi connectivity index (χ2v) is 6.07. The van der Waals surface area contributed by atoms with Crippen molar-refractivity contribution >= 4 is 35.0 Å². The number of halogens is 2. The number of carbonyl (C=O) groups is 2. The minimum absolute atomic E-state index is 0.0106. The summed E-state index contributed by atoms with van der Waals surface area (Å²) >= 11 is 11.7. The Labute approximate surface area is 139 Å². The lowest BCUT2D eigenvalue weighted by atomic mass is 10.1. The zero-order valence-corrected chi connectivity index (χ0v) is 13.9. The molecule has 1 aliphatic rings. The van der Waals surface area contributed by atoms with Gasteiger partial charge in [-0.3, -0.25) is 9.59 Å². The first-order valence-electron chi connectivity index (χ1n) is 7.19. The molecule has 1 heterocycles. The van der Waals surface area contributed by atoms with Crippen molar-refractivity contribution in [2.75, 3.05) is 26.7 Å². The maximum Gasteiger partial charge on any atom is 0.251 e. The van der Waals surface area contributed by atoms with Gasteiger partial charge in [0, 0.05) is 24.7 Å². The summed E-state index contributed by atoms with van der Waals surface area (Å²) in [7, 11) is 1.93. The van der Waals surface area contributed by atoms with Gasteiger partial charge < -0.3 is 15.5 Å². The first kappa shape index (κ1) is 17.1. The summed E-state index contributed by atoms with van der Waals surface area (Å²) in [4.78, 5) is 25.9. The van der Waals surface area contributed by atoms with Crippen molar-refractivity contribution in [3.05, 3.63) is 33.8 Å². The Bertz CT molecular complexity index is 558. The highest BCUT2D eigenvalue weighted by Gasteiger charge is 2.22. The molecule has 2 amide bonds. The SMILES string of the molecule is CNC1CCN(C(=O)CNC(=O)c2ccc(Cl)c(Cl)c2)CC1. The van der Waals surface area contributed by atoms with E-state index in [1.807, 2.05) is 7.05 Å². The molecule has 0 atom stereocenters. The van der Waals surface area contributed by atoms with Gasteiger partial charge in [0.15, 0.2) is 0 Å². The highest BCUT2D eigenvalue weighted by Crippen LogP contribution is 2.22. The van der Waals surface area contributed by atoms with Crippen LogP contribution in [0.2, 0.25) is 10.0 Å². The first-order chi connectivity index (χ1) is 10.5. The molecule has 120 valence electrons. The van der Waals surface area contributed by atoms with Gasteiger partial charge >= 0.3 is 0 Å². The smallest absolute Gasteiger partial charge is 0.251 e. The average molecular weight is 344 g/mol. The van der Waals surface area contributed by atoms with E-state index in [9.17, 15) is 9.59 Å². The molecule has 2 N–H and O–H groups in total. The van der Waals surface area contributed by atoms with Gasteiger partial charge in [-0.25, -0.2) is 0 Å². The van der Waals surface area contributed by atoms with Crippen molar-refractivity contribution < 1.29 is 9.59 Å². The number of rotatable bonds is 4. The number of benzene rings is 1. The maximum absolute atomic E-state index is 12.1. The molecule has 1 aliphatic heterocycles. The number of nitrogens with zero attached hydrogens (tertiary/aromatic N) is 1. The van der Waals surface area contributed by atoms with E-state index in [-0.39, 0.29) is 18.4 Å². The van der Waals surface area contributed by atoms with Gasteiger partial charge in [-0.1, -0.05) is 23.2 Å². The third-order valence-corrected chi connectivity index (χ3v) is 4.58. The van der Waals surface area contributed by atoms with Crippen LogP contribution in [0.1, 0.15) is 23.2 Å². The van der Waals surface area contributed by atoms with E-state index < -0.39 is 0 Å². The van der Waals surface area contributed by atoms with E-state index >= 15 is 0 Å². The van der Waals surface area contributed by atoms with Crippen LogP contribution >= 0.6 is 23.2 Å². The summed E-state index contributed by atoms with van der Waals surface area (Å²) < 4.78 is 0. The van der Waals surface area contributed by atoms with Crippen molar-refractivity contribution in [2.45, 2.75) is 18.9 Å². The van der Waals surface area contributed by atoms with Crippen LogP contribution in [0.3, 0.4) is 0 Å². The topological polar surface area (TPSA) is 61.4 Å². The molecule has 0 aliphatic carbocycles. The molecular formula is C15H19Cl2N3O2. The Morgan fingerprint density at radius 2 is 1.91 bits per heavy atom. The largest absolute Gasteiger partial charge is 0.343 e. The molecule has 5 nitrogen and oxygen atoms in total. The van der Waals surface area contributed by atoms with E-state index in [2.05, 4.69) is 10.6 Å². The Balaban J connectivity index is 1.83. The van der Waals surface area contributed by atoms with Gasteiger partial charge in [0.25, 0.3) is 5.91 Å². The maximum atomic E-state index is 12.1. The van der Waals surface area contributed by atoms with Crippen molar-refractivity contribution in [3.8, 4) is 0 Å². The minimum Gasteiger partial charge on any atom is -0.343 e. The number of hydrogen-bond acceptors (Lipinski definition) is 3. The third kappa shape index (κ3) is 4.35. The van der Waals surface area contributed by atoms with Crippen LogP contribution in [0.15, 0.2) is 18.2 Å². The zero-order chi connectivity index (χ0) is 16.1. The molecule has 2 rings (SSSR count). The molecule has 22 heavy (non-hydrogen) atoms. The van der Waals surface area contributed by atoms with Crippen molar-refractivity contribution in [2.24, 2.45) is 0 Å². The van der Waals surface area contributed by atoms with Crippen molar-refractivity contribution in [1.82, 2.24) is 15.5 Å². The van der Waals surface area contributed by atoms with E-state index in [1.54, 1.807) is 17.0 Å². The molecule has 0 saturated carbocycles. The molecule has 7 heteroatoms. The first-order valence-corrected chi connectivity index (χ1v) is 7.95. The van der Waals surface area contributed by atoms with Gasteiger partial charge in [-0.2, -0.15) is 0 Å². The average Bonchev–Trinajstić information content (AvgIpc) is 2.54. The minimum atomic E-state index is -0.336. The second kappa shape index (κ2) is 7.81. The van der Waals surface area contributed by atoms with Crippen LogP contribution in [0.5, 0.6) is 0 Å². The lowest BCUT2D eigenvalue weighted by Crippen LogP contribution is -2.47. The van der Waals surface area contributed by atoms with Crippen LogP contribution in [-0.4, -0.2) is 49.4 Å². The predicted molar refractivity (Wildman–Crippen MR) is 87.5 cm³/mol. The summed E-state index contributed by atoms with van der Waals surface area (Å²) in [5, 5.41) is 6.54. The number of amides is 2. The monoisotopic (exact) mass is 343 g/mol. The summed E-state index contributed by atoms with van der Waals surface area (Å²) in [5.41, 5.74) is 0.385. The Kier molecular flexibility index (Phi) is 6.06. The molecule has 0 bridgehead atoms. The third-order valence-electron chi connectivity index (χ3n) is 3.84. The zero-order valence-electron chi connectivity index (χ0n) is 12.4. The number of piperidine rings is 1. The molecule has 0 spiro atoms. The van der Waals surface area contributed by atoms with E-state index in [0.717, 1.165) is 12.8 Å². The van der Waals surface area contributed by atoms with Gasteiger partial charge in [0.1, 0.15) is 0 Å². The molecule has 1 aromatic rings. The van der Waals surface area contributed by atoms with E-state index in [4.69, 9.17) is 23.2 Å². The second-order valence-electron chi connectivity index (χ2n) is 5.26. The molecule has 0 unspecified atom stereocenters. The van der Waals surface area contributed by atoms with Gasteiger partial charge in [-0.05, 0) is 38.1 Å². The Morgan fingerprint density at radius 3 is 2.50 bits per heavy atom. The molecule has 0 aromatic heterocycles. The normalized spacial score (nSPS) is 15.7. The van der Waals surface area contributed by atoms with Gasteiger partial charge in [-0.15, -0.1) is 0 Å². The fourth-order valence-electron chi connectivity index (χ4n) is 2.42. The summed E-state index contributed by atoms with van der Waals surface area (Å²) in [5.74, 6) is -0.403. The van der Waals surface area contributed by atoms with Gasteiger partial charge in [0.2, 0.25) is 5.91 Å². The van der Waals surface area contributed by atoms with Crippen LogP contribution < -0.4 is 10.6 Å². The van der Waals surface area contributed by atoms with Crippen LogP contribution in [-0.2, 0) is 4.79 Å². The van der Waals surface area contributed by atoms with Crippen LogP contribution in [0.25, 0.3) is 0 Å². The van der Waals surface area contributed by atoms with Crippen LogP contribution in [0, 0.1) is 0 Å². The van der Waals surface area contributed by atoms with Gasteiger partial charge in [0.05, 0.1) is 16.6 Å². The Morgan fingerprint density at radius 1 is 1.23 bits per heavy atom. The quantitative estimate of drug-likeness (QED) is 0.878. The van der Waals surface area contributed by atoms with Crippen LogP contribution in [0.4, 0.5) is 0 Å². The summed E-state index contributed by atoms with van der Waals surface area (Å²) in [6.45, 7) is 1.42.